The Bertz CT molecular complexity index is 653. The number of hydrogen-bond acceptors (Lipinski definition) is 8. The van der Waals surface area contributed by atoms with Crippen molar-refractivity contribution >= 4 is 23.6 Å². The van der Waals surface area contributed by atoms with Crippen LogP contribution in [0.1, 0.15) is 0 Å². The fourth-order valence-corrected chi connectivity index (χ4v) is 2.47. The molecule has 0 aromatic rings. The van der Waals surface area contributed by atoms with E-state index in [2.05, 4.69) is 5.32 Å². The first-order chi connectivity index (χ1) is 11.5. The Labute approximate surface area is 136 Å². The normalized spacial score (nSPS) is 18.2. The van der Waals surface area contributed by atoms with Crippen LogP contribution in [0.3, 0.4) is 0 Å². The zero-order chi connectivity index (χ0) is 17.9. The highest BCUT2D eigenvalue weighted by atomic mass is 16.3. The summed E-state index contributed by atoms with van der Waals surface area (Å²) in [7, 11) is 0. The van der Waals surface area contributed by atoms with Crippen molar-refractivity contribution in [2.45, 2.75) is 0 Å². The number of amides is 4. The van der Waals surface area contributed by atoms with Gasteiger partial charge in [0.1, 0.15) is 5.70 Å². The van der Waals surface area contributed by atoms with Crippen LogP contribution >= 0.6 is 0 Å². The zero-order valence-corrected chi connectivity index (χ0v) is 12.7. The molecule has 10 heteroatoms. The monoisotopic (exact) mass is 339 g/mol. The number of hydrogen-bond donors (Lipinski definition) is 4. The number of rotatable bonds is 8. The Morgan fingerprint density at radius 3 is 2.04 bits per heavy atom. The second-order valence-corrected chi connectivity index (χ2v) is 4.96. The Morgan fingerprint density at radius 2 is 1.46 bits per heavy atom. The van der Waals surface area contributed by atoms with E-state index in [0.717, 1.165) is 15.9 Å². The van der Waals surface area contributed by atoms with Gasteiger partial charge in [0.25, 0.3) is 23.6 Å². The fourth-order valence-electron chi connectivity index (χ4n) is 2.47. The first-order valence-electron chi connectivity index (χ1n) is 7.22. The third-order valence-corrected chi connectivity index (χ3v) is 3.51. The van der Waals surface area contributed by atoms with Gasteiger partial charge < -0.3 is 20.6 Å². The van der Waals surface area contributed by atoms with Gasteiger partial charge in [0.15, 0.2) is 0 Å². The van der Waals surface area contributed by atoms with Gasteiger partial charge in [-0.25, -0.2) is 0 Å². The molecule has 130 valence electrons. The largest absolute Gasteiger partial charge is 0.395 e. The van der Waals surface area contributed by atoms with E-state index in [9.17, 15) is 19.2 Å². The predicted molar refractivity (Wildman–Crippen MR) is 77.8 cm³/mol. The Balaban J connectivity index is 2.43. The smallest absolute Gasteiger partial charge is 0.277 e. The maximum absolute atomic E-state index is 12.4. The van der Waals surface area contributed by atoms with Crippen LogP contribution in [0.5, 0.6) is 0 Å². The molecule has 0 aromatic heterocycles. The Hall–Kier alpha value is -2.56. The summed E-state index contributed by atoms with van der Waals surface area (Å²) >= 11 is 0. The van der Waals surface area contributed by atoms with Crippen LogP contribution in [0.2, 0.25) is 0 Å². The second-order valence-electron chi connectivity index (χ2n) is 4.96. The van der Waals surface area contributed by atoms with Gasteiger partial charge in [-0.1, -0.05) is 0 Å². The zero-order valence-electron chi connectivity index (χ0n) is 12.7. The number of aliphatic hydroxyl groups excluding tert-OH is 3. The van der Waals surface area contributed by atoms with E-state index in [1.807, 2.05) is 0 Å². The summed E-state index contributed by atoms with van der Waals surface area (Å²) in [4.78, 5) is 50.4. The molecule has 0 bridgehead atoms. The minimum absolute atomic E-state index is 0.0411. The van der Waals surface area contributed by atoms with Gasteiger partial charge in [-0.15, -0.1) is 0 Å². The molecular weight excluding hydrogens is 322 g/mol. The van der Waals surface area contributed by atoms with E-state index in [1.54, 1.807) is 0 Å². The first kappa shape index (κ1) is 17.8. The summed E-state index contributed by atoms with van der Waals surface area (Å²) in [5, 5.41) is 29.4. The number of carbonyl (C=O) groups is 4. The molecule has 0 unspecified atom stereocenters. The maximum Gasteiger partial charge on any atom is 0.277 e. The van der Waals surface area contributed by atoms with Gasteiger partial charge in [0, 0.05) is 12.6 Å². The van der Waals surface area contributed by atoms with Crippen LogP contribution in [0.4, 0.5) is 0 Å². The summed E-state index contributed by atoms with van der Waals surface area (Å²) in [6.07, 6.45) is 0.932. The van der Waals surface area contributed by atoms with E-state index in [-0.39, 0.29) is 43.1 Å². The Morgan fingerprint density at radius 1 is 0.833 bits per heavy atom. The number of β-amino-alcohol motifs (C(OH)–C–C–N with tert-alkyl or cyclic N) is 2. The van der Waals surface area contributed by atoms with Crippen molar-refractivity contribution in [1.82, 2.24) is 15.1 Å². The molecule has 0 spiro atoms. The molecule has 0 fully saturated rings. The molecule has 0 atom stereocenters. The van der Waals surface area contributed by atoms with Gasteiger partial charge in [-0.2, -0.15) is 0 Å². The minimum Gasteiger partial charge on any atom is -0.395 e. The molecule has 0 aromatic carbocycles. The third kappa shape index (κ3) is 2.94. The summed E-state index contributed by atoms with van der Waals surface area (Å²) in [5.41, 5.74) is -0.742. The average molecular weight is 339 g/mol. The molecule has 24 heavy (non-hydrogen) atoms. The molecule has 4 amide bonds. The van der Waals surface area contributed by atoms with Gasteiger partial charge in [0.05, 0.1) is 44.1 Å². The third-order valence-electron chi connectivity index (χ3n) is 3.51. The first-order valence-corrected chi connectivity index (χ1v) is 7.22. The standard InChI is InChI=1S/C14H17N3O7/c18-4-1-15-11-10(13(23)17(3-6-20)14(11)24)8-7-9(21)16(2-5-19)12(8)22/h7,15,18-20H,1-6H2. The molecule has 0 aliphatic carbocycles. The summed E-state index contributed by atoms with van der Waals surface area (Å²) in [5.74, 6) is -3.05. The molecule has 2 rings (SSSR count). The van der Waals surface area contributed by atoms with Crippen LogP contribution in [-0.4, -0.2) is 88.2 Å². The number of carbonyl (C=O) groups excluding carboxylic acids is 4. The van der Waals surface area contributed by atoms with Gasteiger partial charge in [0.2, 0.25) is 0 Å². The van der Waals surface area contributed by atoms with Crippen molar-refractivity contribution < 1.29 is 34.5 Å². The molecule has 2 aliphatic rings. The van der Waals surface area contributed by atoms with E-state index in [4.69, 9.17) is 15.3 Å². The molecular formula is C14H17N3O7. The maximum atomic E-state index is 12.4. The molecule has 2 aliphatic heterocycles. The quantitative estimate of drug-likeness (QED) is 0.333. The van der Waals surface area contributed by atoms with E-state index >= 15 is 0 Å². The van der Waals surface area contributed by atoms with Crippen LogP contribution in [0, 0.1) is 0 Å². The summed E-state index contributed by atoms with van der Waals surface area (Å²) in [6.45, 7) is -1.74. The number of imide groups is 2. The second kappa shape index (κ2) is 7.34. The molecule has 0 radical (unpaired) electrons. The average Bonchev–Trinajstić information content (AvgIpc) is 2.95. The predicted octanol–water partition coefficient (Wildman–Crippen LogP) is -3.53. The lowest BCUT2D eigenvalue weighted by Crippen LogP contribution is -2.36. The van der Waals surface area contributed by atoms with E-state index < -0.39 is 36.8 Å². The SMILES string of the molecule is O=C1C=C(C2=C(NCCO)C(=O)N(CCO)C2=O)C(=O)N1CCO. The van der Waals surface area contributed by atoms with Crippen molar-refractivity contribution in [1.29, 1.82) is 0 Å². The fraction of sp³-hybridized carbons (Fsp3) is 0.429. The lowest BCUT2D eigenvalue weighted by Gasteiger charge is -2.14. The highest BCUT2D eigenvalue weighted by Gasteiger charge is 2.44. The number of aliphatic hydroxyl groups is 3. The van der Waals surface area contributed by atoms with Crippen LogP contribution in [0.15, 0.2) is 22.9 Å². The van der Waals surface area contributed by atoms with Crippen LogP contribution in [0.25, 0.3) is 0 Å². The highest BCUT2D eigenvalue weighted by Crippen LogP contribution is 2.29. The highest BCUT2D eigenvalue weighted by molar-refractivity contribution is 6.29. The van der Waals surface area contributed by atoms with Crippen LogP contribution in [-0.2, 0) is 19.2 Å². The lowest BCUT2D eigenvalue weighted by atomic mass is 10.1. The van der Waals surface area contributed by atoms with Gasteiger partial charge >= 0.3 is 0 Å². The molecule has 2 heterocycles. The minimum atomic E-state index is -0.812. The van der Waals surface area contributed by atoms with E-state index in [0.29, 0.717) is 0 Å². The molecule has 0 saturated carbocycles. The molecule has 0 saturated heterocycles. The van der Waals surface area contributed by atoms with Gasteiger partial charge in [-0.3, -0.25) is 29.0 Å². The van der Waals surface area contributed by atoms with Crippen molar-refractivity contribution in [2.75, 3.05) is 39.5 Å². The topological polar surface area (TPSA) is 147 Å². The van der Waals surface area contributed by atoms with Gasteiger partial charge in [-0.05, 0) is 0 Å². The number of nitrogens with zero attached hydrogens (tertiary/aromatic N) is 2. The summed E-state index contributed by atoms with van der Waals surface area (Å²) in [6, 6.07) is 0. The van der Waals surface area contributed by atoms with Crippen molar-refractivity contribution in [3.63, 3.8) is 0 Å². The van der Waals surface area contributed by atoms with Crippen molar-refractivity contribution in [2.24, 2.45) is 0 Å². The Kier molecular flexibility index (Phi) is 5.44. The van der Waals surface area contributed by atoms with Crippen LogP contribution < -0.4 is 5.32 Å². The lowest BCUT2D eigenvalue weighted by molar-refractivity contribution is -0.140. The van der Waals surface area contributed by atoms with Crippen molar-refractivity contribution in [3.05, 3.63) is 22.9 Å². The summed E-state index contributed by atoms with van der Waals surface area (Å²) < 4.78 is 0. The molecule has 4 N–H and O–H groups in total. The molecule has 10 nitrogen and oxygen atoms in total. The van der Waals surface area contributed by atoms with Crippen molar-refractivity contribution in [3.8, 4) is 0 Å². The van der Waals surface area contributed by atoms with E-state index in [1.165, 1.54) is 0 Å². The number of nitrogens with one attached hydrogen (secondary N) is 1.